The van der Waals surface area contributed by atoms with E-state index in [0.29, 0.717) is 24.2 Å². The number of hydrogen-bond donors (Lipinski definition) is 1. The van der Waals surface area contributed by atoms with E-state index in [1.807, 2.05) is 31.2 Å². The highest BCUT2D eigenvalue weighted by atomic mass is 16.4. The fraction of sp³-hybridized carbons (Fsp3) is 0.263. The van der Waals surface area contributed by atoms with Crippen molar-refractivity contribution in [2.45, 2.75) is 32.6 Å². The molecule has 3 rings (SSSR count). The van der Waals surface area contributed by atoms with Gasteiger partial charge in [0.15, 0.2) is 5.78 Å². The number of carbonyl (C=O) groups is 1. The third kappa shape index (κ3) is 3.11. The lowest BCUT2D eigenvalue weighted by Gasteiger charge is -2.15. The van der Waals surface area contributed by atoms with Crippen LogP contribution < -0.4 is 5.63 Å². The fourth-order valence-electron chi connectivity index (χ4n) is 2.90. The molecule has 1 aliphatic rings. The zero-order valence-corrected chi connectivity index (χ0v) is 13.0. The lowest BCUT2D eigenvalue weighted by Crippen LogP contribution is -2.17. The maximum absolute atomic E-state index is 12.3. The van der Waals surface area contributed by atoms with Gasteiger partial charge in [-0.1, -0.05) is 35.9 Å². The van der Waals surface area contributed by atoms with Crippen molar-refractivity contribution in [3.05, 3.63) is 68.8 Å². The van der Waals surface area contributed by atoms with Gasteiger partial charge >= 0.3 is 5.63 Å². The Bertz CT molecular complexity index is 843. The van der Waals surface area contributed by atoms with Gasteiger partial charge in [0, 0.05) is 12.0 Å². The van der Waals surface area contributed by atoms with Gasteiger partial charge in [-0.3, -0.25) is 4.79 Å². The average molecular weight is 310 g/mol. The molecule has 0 saturated carbocycles. The van der Waals surface area contributed by atoms with E-state index in [4.69, 9.17) is 4.42 Å². The predicted molar refractivity (Wildman–Crippen MR) is 87.8 cm³/mol. The molecular formula is C19H18O4. The van der Waals surface area contributed by atoms with Gasteiger partial charge in [0.05, 0.1) is 0 Å². The van der Waals surface area contributed by atoms with Crippen LogP contribution in [-0.4, -0.2) is 10.9 Å². The summed E-state index contributed by atoms with van der Waals surface area (Å²) in [6.07, 6.45) is 6.04. The molecule has 0 atom stereocenters. The van der Waals surface area contributed by atoms with Crippen LogP contribution in [0.2, 0.25) is 0 Å². The molecule has 0 saturated heterocycles. The molecule has 1 aromatic heterocycles. The molecular weight excluding hydrogens is 292 g/mol. The van der Waals surface area contributed by atoms with Gasteiger partial charge in [-0.2, -0.15) is 0 Å². The number of fused-ring (bicyclic) bond motifs is 1. The zero-order valence-electron chi connectivity index (χ0n) is 13.0. The van der Waals surface area contributed by atoms with Gasteiger partial charge in [-0.05, 0) is 37.8 Å². The zero-order chi connectivity index (χ0) is 16.4. The number of rotatable bonds is 3. The van der Waals surface area contributed by atoms with Crippen LogP contribution in [0.15, 0.2) is 39.6 Å². The second kappa shape index (κ2) is 6.24. The van der Waals surface area contributed by atoms with Crippen LogP contribution in [0.4, 0.5) is 0 Å². The minimum Gasteiger partial charge on any atom is -0.506 e. The van der Waals surface area contributed by atoms with Crippen molar-refractivity contribution in [1.82, 2.24) is 0 Å². The minimum atomic E-state index is -0.762. The molecule has 2 aromatic rings. The SMILES string of the molecule is Cc1cccc(C=CC(=O)c2c(O)c3c(oc2=O)CCCC3)c1. The summed E-state index contributed by atoms with van der Waals surface area (Å²) in [4.78, 5) is 24.4. The van der Waals surface area contributed by atoms with Crippen molar-refractivity contribution in [2.75, 3.05) is 0 Å². The van der Waals surface area contributed by atoms with E-state index in [2.05, 4.69) is 0 Å². The van der Waals surface area contributed by atoms with Crippen LogP contribution in [0.1, 0.15) is 45.7 Å². The van der Waals surface area contributed by atoms with Crippen LogP contribution in [0.25, 0.3) is 6.08 Å². The molecule has 0 amide bonds. The Balaban J connectivity index is 1.95. The van der Waals surface area contributed by atoms with E-state index in [9.17, 15) is 14.7 Å². The van der Waals surface area contributed by atoms with Crippen LogP contribution in [0, 0.1) is 6.92 Å². The minimum absolute atomic E-state index is 0.213. The standard InChI is InChI=1S/C19H18O4/c1-12-5-4-6-13(11-12)9-10-15(20)17-18(21)14-7-2-3-8-16(14)23-19(17)22/h4-6,9-11,21H,2-3,7-8H2,1H3. The summed E-state index contributed by atoms with van der Waals surface area (Å²) in [5.74, 6) is -0.237. The van der Waals surface area contributed by atoms with Crippen molar-refractivity contribution in [1.29, 1.82) is 0 Å². The summed E-state index contributed by atoms with van der Waals surface area (Å²) < 4.78 is 5.23. The van der Waals surface area contributed by atoms with Gasteiger partial charge in [-0.25, -0.2) is 4.79 Å². The monoisotopic (exact) mass is 310 g/mol. The van der Waals surface area contributed by atoms with Crippen LogP contribution in [0.5, 0.6) is 5.75 Å². The lowest BCUT2D eigenvalue weighted by molar-refractivity contribution is 0.104. The molecule has 1 aliphatic carbocycles. The van der Waals surface area contributed by atoms with E-state index in [-0.39, 0.29) is 11.3 Å². The van der Waals surface area contributed by atoms with E-state index >= 15 is 0 Å². The first kappa shape index (κ1) is 15.3. The molecule has 0 fully saturated rings. The van der Waals surface area contributed by atoms with E-state index in [0.717, 1.165) is 24.0 Å². The quantitative estimate of drug-likeness (QED) is 0.696. The van der Waals surface area contributed by atoms with Crippen LogP contribution in [0.3, 0.4) is 0 Å². The van der Waals surface area contributed by atoms with E-state index in [1.165, 1.54) is 6.08 Å². The first-order valence-electron chi connectivity index (χ1n) is 7.73. The van der Waals surface area contributed by atoms with Gasteiger partial charge < -0.3 is 9.52 Å². The first-order chi connectivity index (χ1) is 11.1. The molecule has 0 spiro atoms. The molecule has 1 heterocycles. The third-order valence-corrected chi connectivity index (χ3v) is 4.08. The van der Waals surface area contributed by atoms with Crippen molar-refractivity contribution >= 4 is 11.9 Å². The summed E-state index contributed by atoms with van der Waals surface area (Å²) in [5.41, 5.74) is 1.51. The third-order valence-electron chi connectivity index (χ3n) is 4.08. The Hall–Kier alpha value is -2.62. The molecule has 23 heavy (non-hydrogen) atoms. The van der Waals surface area contributed by atoms with Crippen LogP contribution >= 0.6 is 0 Å². The highest BCUT2D eigenvalue weighted by Gasteiger charge is 2.24. The molecule has 4 heteroatoms. The van der Waals surface area contributed by atoms with Crippen molar-refractivity contribution in [3.63, 3.8) is 0 Å². The Morgan fingerprint density at radius 3 is 2.83 bits per heavy atom. The highest BCUT2D eigenvalue weighted by molar-refractivity contribution is 6.08. The fourth-order valence-corrected chi connectivity index (χ4v) is 2.90. The molecule has 0 aliphatic heterocycles. The van der Waals surface area contributed by atoms with E-state index in [1.54, 1.807) is 6.08 Å². The largest absolute Gasteiger partial charge is 0.506 e. The molecule has 1 aromatic carbocycles. The number of benzene rings is 1. The van der Waals surface area contributed by atoms with Crippen molar-refractivity contribution in [2.24, 2.45) is 0 Å². The number of aromatic hydroxyl groups is 1. The lowest BCUT2D eigenvalue weighted by atomic mass is 9.94. The van der Waals surface area contributed by atoms with Crippen LogP contribution in [-0.2, 0) is 12.8 Å². The second-order valence-electron chi connectivity index (χ2n) is 5.83. The summed E-state index contributed by atoms with van der Waals surface area (Å²) in [6, 6.07) is 7.65. The second-order valence-corrected chi connectivity index (χ2v) is 5.83. The summed E-state index contributed by atoms with van der Waals surface area (Å²) in [6.45, 7) is 1.96. The van der Waals surface area contributed by atoms with Gasteiger partial charge in [-0.15, -0.1) is 0 Å². The molecule has 0 unspecified atom stereocenters. The number of ketones is 1. The summed E-state index contributed by atoms with van der Waals surface area (Å²) >= 11 is 0. The maximum Gasteiger partial charge on any atom is 0.351 e. The molecule has 0 radical (unpaired) electrons. The molecule has 118 valence electrons. The Labute approximate surface area is 134 Å². The maximum atomic E-state index is 12.3. The first-order valence-corrected chi connectivity index (χ1v) is 7.73. The molecule has 4 nitrogen and oxygen atoms in total. The van der Waals surface area contributed by atoms with Gasteiger partial charge in [0.25, 0.3) is 0 Å². The number of allylic oxidation sites excluding steroid dienone is 1. The highest BCUT2D eigenvalue weighted by Crippen LogP contribution is 2.30. The Morgan fingerprint density at radius 2 is 2.04 bits per heavy atom. The Kier molecular flexibility index (Phi) is 4.15. The van der Waals surface area contributed by atoms with Gasteiger partial charge in [0.1, 0.15) is 17.1 Å². The molecule has 0 bridgehead atoms. The van der Waals surface area contributed by atoms with Gasteiger partial charge in [0.2, 0.25) is 0 Å². The number of aryl methyl sites for hydroxylation is 2. The van der Waals surface area contributed by atoms with Crippen molar-refractivity contribution < 1.29 is 14.3 Å². The number of carbonyl (C=O) groups excluding carboxylic acids is 1. The average Bonchev–Trinajstić information content (AvgIpc) is 2.53. The summed E-state index contributed by atoms with van der Waals surface area (Å²) in [7, 11) is 0. The van der Waals surface area contributed by atoms with Crippen molar-refractivity contribution in [3.8, 4) is 5.75 Å². The van der Waals surface area contributed by atoms with E-state index < -0.39 is 11.4 Å². The predicted octanol–water partition coefficient (Wildman–Crippen LogP) is 3.43. The topological polar surface area (TPSA) is 67.5 Å². The summed E-state index contributed by atoms with van der Waals surface area (Å²) in [5, 5.41) is 10.3. The molecule has 1 N–H and O–H groups in total. The normalized spacial score (nSPS) is 14.0. The number of hydrogen-bond acceptors (Lipinski definition) is 4. The smallest absolute Gasteiger partial charge is 0.351 e. The Morgan fingerprint density at radius 1 is 1.26 bits per heavy atom.